The second-order valence-electron chi connectivity index (χ2n) is 4.33. The number of rotatable bonds is 8. The maximum Gasteiger partial charge on any atom is 0.215 e. The molecular formula is C13H22N2O2S. The highest BCUT2D eigenvalue weighted by atomic mass is 32.2. The third-order valence-electron chi connectivity index (χ3n) is 2.79. The Morgan fingerprint density at radius 2 is 1.83 bits per heavy atom. The Morgan fingerprint density at radius 1 is 1.17 bits per heavy atom. The molecule has 5 heteroatoms. The molecule has 3 N–H and O–H groups in total. The average molecular weight is 270 g/mol. The lowest BCUT2D eigenvalue weighted by Crippen LogP contribution is -2.26. The van der Waals surface area contributed by atoms with Crippen LogP contribution in [0, 0.1) is 0 Å². The molecule has 0 fully saturated rings. The Morgan fingerprint density at radius 3 is 2.44 bits per heavy atom. The number of unbranched alkanes of at least 4 members (excludes halogenated alkanes) is 2. The molecule has 0 aromatic heterocycles. The summed E-state index contributed by atoms with van der Waals surface area (Å²) in [5, 5.41) is 0. The third-order valence-corrected chi connectivity index (χ3v) is 4.12. The molecule has 102 valence electrons. The Hall–Kier alpha value is -0.910. The van der Waals surface area contributed by atoms with Crippen LogP contribution in [0.4, 0.5) is 0 Å². The highest BCUT2D eigenvalue weighted by molar-refractivity contribution is 7.88. The molecule has 1 aromatic carbocycles. The SMILES string of the molecule is CCCCCNS(=O)(=O)Cc1ccccc1CN. The molecule has 4 nitrogen and oxygen atoms in total. The maximum absolute atomic E-state index is 11.9. The van der Waals surface area contributed by atoms with E-state index in [1.54, 1.807) is 0 Å². The summed E-state index contributed by atoms with van der Waals surface area (Å²) in [7, 11) is -3.25. The van der Waals surface area contributed by atoms with Crippen molar-refractivity contribution in [1.82, 2.24) is 4.72 Å². The highest BCUT2D eigenvalue weighted by Gasteiger charge is 2.12. The number of sulfonamides is 1. The van der Waals surface area contributed by atoms with Crippen molar-refractivity contribution in [3.8, 4) is 0 Å². The summed E-state index contributed by atoms with van der Waals surface area (Å²) < 4.78 is 26.4. The van der Waals surface area contributed by atoms with Gasteiger partial charge in [-0.25, -0.2) is 13.1 Å². The minimum Gasteiger partial charge on any atom is -0.326 e. The standard InChI is InChI=1S/C13H22N2O2S/c1-2-3-6-9-15-18(16,17)11-13-8-5-4-7-12(13)10-14/h4-5,7-8,15H,2-3,6,9-11,14H2,1H3. The van der Waals surface area contributed by atoms with Gasteiger partial charge in [-0.3, -0.25) is 0 Å². The number of nitrogens with two attached hydrogens (primary N) is 1. The fraction of sp³-hybridized carbons (Fsp3) is 0.538. The zero-order chi connectivity index (χ0) is 13.4. The fourth-order valence-corrected chi connectivity index (χ4v) is 3.00. The van der Waals surface area contributed by atoms with Crippen molar-refractivity contribution in [3.63, 3.8) is 0 Å². The van der Waals surface area contributed by atoms with Crippen LogP contribution in [0.2, 0.25) is 0 Å². The quantitative estimate of drug-likeness (QED) is 0.707. The molecule has 0 atom stereocenters. The third kappa shape index (κ3) is 5.16. The van der Waals surface area contributed by atoms with Gasteiger partial charge in [0.15, 0.2) is 0 Å². The lowest BCUT2D eigenvalue weighted by Gasteiger charge is -2.09. The van der Waals surface area contributed by atoms with E-state index in [4.69, 9.17) is 5.73 Å². The molecule has 0 aliphatic heterocycles. The molecule has 18 heavy (non-hydrogen) atoms. The molecule has 0 bridgehead atoms. The average Bonchev–Trinajstić information content (AvgIpc) is 2.35. The zero-order valence-electron chi connectivity index (χ0n) is 10.9. The molecule has 0 unspecified atom stereocenters. The van der Waals surface area contributed by atoms with Crippen LogP contribution < -0.4 is 10.5 Å². The molecule has 0 saturated carbocycles. The van der Waals surface area contributed by atoms with Gasteiger partial charge in [0.1, 0.15) is 0 Å². The molecule has 0 radical (unpaired) electrons. The van der Waals surface area contributed by atoms with Gasteiger partial charge in [0.05, 0.1) is 5.75 Å². The van der Waals surface area contributed by atoms with Gasteiger partial charge in [0.25, 0.3) is 0 Å². The Labute approximate surface area is 110 Å². The Bertz CT molecular complexity index is 458. The summed E-state index contributed by atoms with van der Waals surface area (Å²) in [6.45, 7) is 2.97. The van der Waals surface area contributed by atoms with Crippen LogP contribution in [0.1, 0.15) is 37.3 Å². The molecular weight excluding hydrogens is 248 g/mol. The smallest absolute Gasteiger partial charge is 0.215 e. The minimum absolute atomic E-state index is 0.00645. The molecule has 0 heterocycles. The van der Waals surface area contributed by atoms with Crippen molar-refractivity contribution in [2.24, 2.45) is 5.73 Å². The molecule has 0 aliphatic rings. The van der Waals surface area contributed by atoms with Crippen LogP contribution in [0.3, 0.4) is 0 Å². The second kappa shape index (κ2) is 7.51. The van der Waals surface area contributed by atoms with Gasteiger partial charge in [-0.2, -0.15) is 0 Å². The summed E-state index contributed by atoms with van der Waals surface area (Å²) in [6.07, 6.45) is 3.01. The highest BCUT2D eigenvalue weighted by Crippen LogP contribution is 2.11. The van der Waals surface area contributed by atoms with Crippen molar-refractivity contribution in [1.29, 1.82) is 0 Å². The normalized spacial score (nSPS) is 11.7. The van der Waals surface area contributed by atoms with E-state index in [9.17, 15) is 8.42 Å². The lowest BCUT2D eigenvalue weighted by molar-refractivity contribution is 0.575. The number of hydrogen-bond acceptors (Lipinski definition) is 3. The summed E-state index contributed by atoms with van der Waals surface area (Å²) in [4.78, 5) is 0. The van der Waals surface area contributed by atoms with E-state index >= 15 is 0 Å². The van der Waals surface area contributed by atoms with Gasteiger partial charge in [-0.1, -0.05) is 44.0 Å². The van der Waals surface area contributed by atoms with E-state index in [1.165, 1.54) is 0 Å². The predicted molar refractivity (Wildman–Crippen MR) is 74.5 cm³/mol. The van der Waals surface area contributed by atoms with Crippen LogP contribution in [-0.4, -0.2) is 15.0 Å². The minimum atomic E-state index is -3.25. The summed E-state index contributed by atoms with van der Waals surface area (Å²) in [6, 6.07) is 7.38. The zero-order valence-corrected chi connectivity index (χ0v) is 11.7. The van der Waals surface area contributed by atoms with Gasteiger partial charge >= 0.3 is 0 Å². The van der Waals surface area contributed by atoms with Crippen LogP contribution in [-0.2, 0) is 22.3 Å². The first kappa shape index (κ1) is 15.1. The molecule has 0 saturated heterocycles. The maximum atomic E-state index is 11.9. The summed E-state index contributed by atoms with van der Waals surface area (Å²) in [5.41, 5.74) is 7.26. The van der Waals surface area contributed by atoms with E-state index in [-0.39, 0.29) is 5.75 Å². The van der Waals surface area contributed by atoms with Crippen molar-refractivity contribution < 1.29 is 8.42 Å². The van der Waals surface area contributed by atoms with Crippen LogP contribution in [0.15, 0.2) is 24.3 Å². The first-order valence-corrected chi connectivity index (χ1v) is 7.98. The fourth-order valence-electron chi connectivity index (χ4n) is 1.76. The Balaban J connectivity index is 2.59. The van der Waals surface area contributed by atoms with Gasteiger partial charge < -0.3 is 5.73 Å². The van der Waals surface area contributed by atoms with Crippen LogP contribution in [0.5, 0.6) is 0 Å². The largest absolute Gasteiger partial charge is 0.326 e. The topological polar surface area (TPSA) is 72.2 Å². The summed E-state index contributed by atoms with van der Waals surface area (Å²) in [5.74, 6) is 0.00645. The van der Waals surface area contributed by atoms with Crippen molar-refractivity contribution in [3.05, 3.63) is 35.4 Å². The van der Waals surface area contributed by atoms with Crippen LogP contribution >= 0.6 is 0 Å². The molecule has 0 aliphatic carbocycles. The van der Waals surface area contributed by atoms with Gasteiger partial charge in [-0.15, -0.1) is 0 Å². The van der Waals surface area contributed by atoms with Crippen molar-refractivity contribution in [2.45, 2.75) is 38.5 Å². The summed E-state index contributed by atoms with van der Waals surface area (Å²) >= 11 is 0. The van der Waals surface area contributed by atoms with E-state index in [0.29, 0.717) is 13.1 Å². The van der Waals surface area contributed by atoms with Gasteiger partial charge in [-0.05, 0) is 17.5 Å². The van der Waals surface area contributed by atoms with E-state index in [2.05, 4.69) is 11.6 Å². The lowest BCUT2D eigenvalue weighted by atomic mass is 10.1. The van der Waals surface area contributed by atoms with Gasteiger partial charge in [0.2, 0.25) is 10.0 Å². The molecule has 1 rings (SSSR count). The van der Waals surface area contributed by atoms with Gasteiger partial charge in [0, 0.05) is 13.1 Å². The first-order valence-electron chi connectivity index (χ1n) is 6.33. The van der Waals surface area contributed by atoms with E-state index in [0.717, 1.165) is 30.4 Å². The van der Waals surface area contributed by atoms with Crippen LogP contribution in [0.25, 0.3) is 0 Å². The molecule has 0 amide bonds. The van der Waals surface area contributed by atoms with Crippen molar-refractivity contribution >= 4 is 10.0 Å². The predicted octanol–water partition coefficient (Wildman–Crippen LogP) is 1.75. The monoisotopic (exact) mass is 270 g/mol. The number of benzene rings is 1. The molecule has 1 aromatic rings. The van der Waals surface area contributed by atoms with E-state index in [1.807, 2.05) is 24.3 Å². The van der Waals surface area contributed by atoms with Crippen molar-refractivity contribution in [2.75, 3.05) is 6.54 Å². The number of nitrogens with one attached hydrogen (secondary N) is 1. The molecule has 0 spiro atoms. The number of hydrogen-bond donors (Lipinski definition) is 2. The first-order chi connectivity index (χ1) is 8.59. The second-order valence-corrected chi connectivity index (χ2v) is 6.14. The van der Waals surface area contributed by atoms with E-state index < -0.39 is 10.0 Å². The Kier molecular flexibility index (Phi) is 6.32.